The number of esters is 1. The van der Waals surface area contributed by atoms with E-state index in [9.17, 15) is 4.79 Å². The largest absolute Gasteiger partial charge is 0.468 e. The third-order valence-electron chi connectivity index (χ3n) is 2.07. The summed E-state index contributed by atoms with van der Waals surface area (Å²) in [4.78, 5) is 11.4. The van der Waals surface area contributed by atoms with Crippen LogP contribution in [0.3, 0.4) is 0 Å². The van der Waals surface area contributed by atoms with Crippen LogP contribution in [0, 0.1) is 0 Å². The Kier molecular flexibility index (Phi) is 4.23. The second-order valence-corrected chi connectivity index (χ2v) is 3.26. The van der Waals surface area contributed by atoms with Gasteiger partial charge in [-0.25, -0.2) is 0 Å². The molecule has 0 aromatic carbocycles. The first-order chi connectivity index (χ1) is 6.75. The zero-order valence-corrected chi connectivity index (χ0v) is 8.66. The molecule has 0 bridgehead atoms. The SMILES string of the molecule is CCCCOC(=O)C(C)c1ccco1. The number of hydrogen-bond donors (Lipinski definition) is 0. The highest BCUT2D eigenvalue weighted by Crippen LogP contribution is 2.16. The molecule has 1 heterocycles. The molecule has 0 amide bonds. The van der Waals surface area contributed by atoms with Crippen LogP contribution in [0.15, 0.2) is 22.8 Å². The molecule has 0 aliphatic carbocycles. The molecule has 0 aliphatic rings. The fraction of sp³-hybridized carbons (Fsp3) is 0.545. The van der Waals surface area contributed by atoms with Crippen LogP contribution in [-0.4, -0.2) is 12.6 Å². The van der Waals surface area contributed by atoms with Crippen molar-refractivity contribution in [2.75, 3.05) is 6.61 Å². The minimum atomic E-state index is -0.304. The van der Waals surface area contributed by atoms with Gasteiger partial charge in [-0.05, 0) is 25.5 Å². The van der Waals surface area contributed by atoms with Crippen LogP contribution in [0.1, 0.15) is 38.4 Å². The maximum absolute atomic E-state index is 11.4. The van der Waals surface area contributed by atoms with Gasteiger partial charge in [0.2, 0.25) is 0 Å². The molecule has 3 heteroatoms. The van der Waals surface area contributed by atoms with Gasteiger partial charge in [0.25, 0.3) is 0 Å². The highest BCUT2D eigenvalue weighted by molar-refractivity contribution is 5.76. The zero-order chi connectivity index (χ0) is 10.4. The van der Waals surface area contributed by atoms with Crippen LogP contribution in [0.2, 0.25) is 0 Å². The second-order valence-electron chi connectivity index (χ2n) is 3.26. The van der Waals surface area contributed by atoms with E-state index in [1.54, 1.807) is 25.3 Å². The van der Waals surface area contributed by atoms with Gasteiger partial charge < -0.3 is 9.15 Å². The first kappa shape index (κ1) is 10.8. The smallest absolute Gasteiger partial charge is 0.316 e. The molecule has 3 nitrogen and oxygen atoms in total. The summed E-state index contributed by atoms with van der Waals surface area (Å²) in [6.45, 7) is 4.34. The summed E-state index contributed by atoms with van der Waals surface area (Å²) >= 11 is 0. The molecule has 0 saturated heterocycles. The number of carbonyl (C=O) groups excluding carboxylic acids is 1. The van der Waals surface area contributed by atoms with Gasteiger partial charge in [0.15, 0.2) is 0 Å². The van der Waals surface area contributed by atoms with E-state index in [2.05, 4.69) is 6.92 Å². The minimum absolute atomic E-state index is 0.214. The average Bonchev–Trinajstić information content (AvgIpc) is 2.69. The monoisotopic (exact) mass is 196 g/mol. The number of rotatable bonds is 5. The molecule has 1 rings (SSSR count). The highest BCUT2D eigenvalue weighted by atomic mass is 16.5. The van der Waals surface area contributed by atoms with Crippen molar-refractivity contribution in [2.45, 2.75) is 32.6 Å². The molecule has 0 aliphatic heterocycles. The lowest BCUT2D eigenvalue weighted by Crippen LogP contribution is -2.13. The minimum Gasteiger partial charge on any atom is -0.468 e. The van der Waals surface area contributed by atoms with Gasteiger partial charge in [-0.15, -0.1) is 0 Å². The molecule has 0 saturated carbocycles. The van der Waals surface area contributed by atoms with Gasteiger partial charge in [0.05, 0.1) is 12.9 Å². The first-order valence-corrected chi connectivity index (χ1v) is 4.95. The molecular weight excluding hydrogens is 180 g/mol. The van der Waals surface area contributed by atoms with Gasteiger partial charge in [-0.3, -0.25) is 4.79 Å². The molecular formula is C11H16O3. The van der Waals surface area contributed by atoms with Gasteiger partial charge in [0, 0.05) is 0 Å². The van der Waals surface area contributed by atoms with Crippen molar-refractivity contribution >= 4 is 5.97 Å². The van der Waals surface area contributed by atoms with Crippen molar-refractivity contribution in [3.05, 3.63) is 24.2 Å². The maximum Gasteiger partial charge on any atom is 0.316 e. The molecule has 0 spiro atoms. The number of carbonyl (C=O) groups is 1. The summed E-state index contributed by atoms with van der Waals surface area (Å²) in [5.41, 5.74) is 0. The van der Waals surface area contributed by atoms with Crippen LogP contribution in [-0.2, 0) is 9.53 Å². The van der Waals surface area contributed by atoms with Crippen LogP contribution in [0.25, 0.3) is 0 Å². The Morgan fingerprint density at radius 3 is 3.00 bits per heavy atom. The van der Waals surface area contributed by atoms with Crippen molar-refractivity contribution in [2.24, 2.45) is 0 Å². The van der Waals surface area contributed by atoms with Crippen molar-refractivity contribution in [1.82, 2.24) is 0 Å². The fourth-order valence-electron chi connectivity index (χ4n) is 1.10. The van der Waals surface area contributed by atoms with Crippen molar-refractivity contribution in [1.29, 1.82) is 0 Å². The van der Waals surface area contributed by atoms with Gasteiger partial charge in [-0.1, -0.05) is 13.3 Å². The lowest BCUT2D eigenvalue weighted by Gasteiger charge is -2.08. The summed E-state index contributed by atoms with van der Waals surface area (Å²) in [6.07, 6.45) is 3.50. The molecule has 14 heavy (non-hydrogen) atoms. The molecule has 1 unspecified atom stereocenters. The summed E-state index contributed by atoms with van der Waals surface area (Å²) in [5.74, 6) is 0.141. The number of hydrogen-bond acceptors (Lipinski definition) is 3. The molecule has 0 N–H and O–H groups in total. The Labute approximate surface area is 84.1 Å². The third-order valence-corrected chi connectivity index (χ3v) is 2.07. The summed E-state index contributed by atoms with van der Waals surface area (Å²) in [7, 11) is 0. The lowest BCUT2D eigenvalue weighted by atomic mass is 10.1. The van der Waals surface area contributed by atoms with Crippen molar-refractivity contribution in [3.8, 4) is 0 Å². The summed E-state index contributed by atoms with van der Waals surface area (Å²) in [6, 6.07) is 3.55. The highest BCUT2D eigenvalue weighted by Gasteiger charge is 2.18. The standard InChI is InChI=1S/C11H16O3/c1-3-4-7-14-11(12)9(2)10-6-5-8-13-10/h5-6,8-9H,3-4,7H2,1-2H3. The third kappa shape index (κ3) is 2.91. The summed E-state index contributed by atoms with van der Waals surface area (Å²) < 4.78 is 10.2. The van der Waals surface area contributed by atoms with Crippen molar-refractivity contribution in [3.63, 3.8) is 0 Å². The molecule has 78 valence electrons. The van der Waals surface area contributed by atoms with E-state index in [-0.39, 0.29) is 11.9 Å². The normalized spacial score (nSPS) is 12.4. The molecule has 0 fully saturated rings. The molecule has 1 atom stereocenters. The van der Waals surface area contributed by atoms with E-state index in [1.807, 2.05) is 0 Å². The van der Waals surface area contributed by atoms with E-state index in [1.165, 1.54) is 0 Å². The van der Waals surface area contributed by atoms with Crippen molar-refractivity contribution < 1.29 is 13.9 Å². The molecule has 1 aromatic heterocycles. The lowest BCUT2D eigenvalue weighted by molar-refractivity contribution is -0.145. The number of ether oxygens (including phenoxy) is 1. The Morgan fingerprint density at radius 2 is 2.43 bits per heavy atom. The Morgan fingerprint density at radius 1 is 1.64 bits per heavy atom. The number of furan rings is 1. The Bertz CT molecular complexity index is 264. The average molecular weight is 196 g/mol. The Hall–Kier alpha value is -1.25. The maximum atomic E-state index is 11.4. The first-order valence-electron chi connectivity index (χ1n) is 4.95. The van der Waals surface area contributed by atoms with E-state index >= 15 is 0 Å². The van der Waals surface area contributed by atoms with Crippen LogP contribution < -0.4 is 0 Å². The van der Waals surface area contributed by atoms with Crippen LogP contribution in [0.4, 0.5) is 0 Å². The fourth-order valence-corrected chi connectivity index (χ4v) is 1.10. The summed E-state index contributed by atoms with van der Waals surface area (Å²) in [5, 5.41) is 0. The Balaban J connectivity index is 2.37. The number of unbranched alkanes of at least 4 members (excludes halogenated alkanes) is 1. The molecule has 1 aromatic rings. The predicted molar refractivity (Wildman–Crippen MR) is 53.0 cm³/mol. The van der Waals surface area contributed by atoms with E-state index in [4.69, 9.17) is 9.15 Å². The quantitative estimate of drug-likeness (QED) is 0.537. The van der Waals surface area contributed by atoms with Gasteiger partial charge in [0.1, 0.15) is 11.7 Å². The predicted octanol–water partition coefficient (Wildman–Crippen LogP) is 2.73. The van der Waals surface area contributed by atoms with E-state index in [0.717, 1.165) is 12.8 Å². The van der Waals surface area contributed by atoms with E-state index < -0.39 is 0 Å². The second kappa shape index (κ2) is 5.47. The van der Waals surface area contributed by atoms with Gasteiger partial charge >= 0.3 is 5.97 Å². The molecule has 0 radical (unpaired) electrons. The topological polar surface area (TPSA) is 39.4 Å². The van der Waals surface area contributed by atoms with Gasteiger partial charge in [-0.2, -0.15) is 0 Å². The zero-order valence-electron chi connectivity index (χ0n) is 8.66. The van der Waals surface area contributed by atoms with Crippen LogP contribution >= 0.6 is 0 Å². The van der Waals surface area contributed by atoms with E-state index in [0.29, 0.717) is 12.4 Å². The van der Waals surface area contributed by atoms with Crippen LogP contribution in [0.5, 0.6) is 0 Å².